The molecule has 6 aromatic rings. The van der Waals surface area contributed by atoms with Gasteiger partial charge < -0.3 is 14.9 Å². The lowest BCUT2D eigenvalue weighted by Gasteiger charge is -2.60. The maximum absolute atomic E-state index is 16.2. The molecule has 1 spiro atoms. The van der Waals surface area contributed by atoms with Crippen LogP contribution in [0.3, 0.4) is 0 Å². The highest BCUT2D eigenvalue weighted by molar-refractivity contribution is 7.15. The molecule has 0 radical (unpaired) electrons. The number of phenols is 1. The SMILES string of the molecule is Cc1sc2c(c1C)C(c1ccc(N3CC4(CC(CN5CCN(c6ccc([C@H]7c8ccc(O)cc8CC[C@H]7c7ccc(F)cc7)cc6F)CC5)C4)C3)cc1)=N[C@@H](C)c1nnc(C)n1-2. The van der Waals surface area contributed by atoms with Gasteiger partial charge in [-0.15, -0.1) is 21.5 Å². The molecule has 2 aromatic heterocycles. The van der Waals surface area contributed by atoms with Crippen LogP contribution in [-0.2, 0) is 6.42 Å². The number of fused-ring (bicyclic) bond motifs is 4. The van der Waals surface area contributed by atoms with Crippen molar-refractivity contribution in [3.8, 4) is 10.8 Å². The second kappa shape index (κ2) is 15.2. The van der Waals surface area contributed by atoms with Gasteiger partial charge in [0.1, 0.15) is 34.3 Å². The zero-order valence-electron chi connectivity index (χ0n) is 35.9. The van der Waals surface area contributed by atoms with E-state index in [1.165, 1.54) is 51.7 Å². The van der Waals surface area contributed by atoms with Gasteiger partial charge in [-0.2, -0.15) is 0 Å². The molecule has 8 nitrogen and oxygen atoms in total. The lowest BCUT2D eigenvalue weighted by molar-refractivity contribution is 0.00320. The van der Waals surface area contributed by atoms with Crippen molar-refractivity contribution in [3.63, 3.8) is 0 Å². The molecule has 0 amide bonds. The van der Waals surface area contributed by atoms with Crippen molar-refractivity contribution in [2.24, 2.45) is 16.3 Å². The third kappa shape index (κ3) is 6.74. The van der Waals surface area contributed by atoms with E-state index in [0.717, 1.165) is 104 Å². The maximum atomic E-state index is 16.2. The van der Waals surface area contributed by atoms with E-state index < -0.39 is 0 Å². The largest absolute Gasteiger partial charge is 0.508 e. The van der Waals surface area contributed by atoms with Crippen LogP contribution < -0.4 is 9.80 Å². The van der Waals surface area contributed by atoms with Crippen molar-refractivity contribution in [2.75, 3.05) is 55.6 Å². The van der Waals surface area contributed by atoms with Gasteiger partial charge in [-0.3, -0.25) is 14.5 Å². The maximum Gasteiger partial charge on any atom is 0.162 e. The number of piperazine rings is 1. The number of aryl methyl sites for hydroxylation is 3. The van der Waals surface area contributed by atoms with E-state index in [9.17, 15) is 9.50 Å². The van der Waals surface area contributed by atoms with Crippen molar-refractivity contribution in [2.45, 2.75) is 71.3 Å². The number of anilines is 2. The molecule has 62 heavy (non-hydrogen) atoms. The predicted molar refractivity (Wildman–Crippen MR) is 244 cm³/mol. The van der Waals surface area contributed by atoms with E-state index >= 15 is 4.39 Å². The summed E-state index contributed by atoms with van der Waals surface area (Å²) in [5.74, 6) is 2.29. The third-order valence-electron chi connectivity index (χ3n) is 14.8. The first-order valence-corrected chi connectivity index (χ1v) is 23.1. The first-order valence-electron chi connectivity index (χ1n) is 22.3. The number of rotatable bonds is 7. The fraction of sp³-hybridized carbons (Fsp3) is 0.392. The minimum Gasteiger partial charge on any atom is -0.508 e. The van der Waals surface area contributed by atoms with Crippen molar-refractivity contribution in [1.29, 1.82) is 0 Å². The van der Waals surface area contributed by atoms with Crippen LogP contribution in [0, 0.1) is 43.7 Å². The van der Waals surface area contributed by atoms with Gasteiger partial charge in [-0.05, 0) is 142 Å². The number of hydrogen-bond donors (Lipinski definition) is 1. The fourth-order valence-corrected chi connectivity index (χ4v) is 12.8. The summed E-state index contributed by atoms with van der Waals surface area (Å²) in [6.45, 7) is 15.4. The second-order valence-electron chi connectivity index (χ2n) is 18.8. The molecular formula is C51H53F2N7OS. The normalized spacial score (nSPS) is 22.0. The van der Waals surface area contributed by atoms with Gasteiger partial charge in [-0.25, -0.2) is 8.78 Å². The number of phenolic OH excluding ortho intramolecular Hbond substituents is 1. The van der Waals surface area contributed by atoms with Crippen LogP contribution in [0.15, 0.2) is 89.9 Å². The van der Waals surface area contributed by atoms with Crippen LogP contribution in [0.5, 0.6) is 5.75 Å². The Morgan fingerprint density at radius 2 is 1.56 bits per heavy atom. The van der Waals surface area contributed by atoms with Gasteiger partial charge in [0, 0.05) is 78.8 Å². The second-order valence-corrected chi connectivity index (χ2v) is 20.0. The van der Waals surface area contributed by atoms with Crippen molar-refractivity contribution >= 4 is 28.4 Å². The Labute approximate surface area is 366 Å². The Balaban J connectivity index is 0.696. The molecule has 2 saturated heterocycles. The molecule has 0 bridgehead atoms. The number of nitrogens with zero attached hydrogens (tertiary/aromatic N) is 7. The van der Waals surface area contributed by atoms with E-state index in [2.05, 4.69) is 80.6 Å². The summed E-state index contributed by atoms with van der Waals surface area (Å²) in [6, 6.07) is 27.0. The van der Waals surface area contributed by atoms with E-state index in [-0.39, 0.29) is 35.3 Å². The standard InChI is InChI=1S/C51H53F2N7OS/c1-30-32(3)62-50-46(30)48(54-31(2)49-56-55-33(4)60(49)50)36-7-13-40(14-8-36)59-28-51(29-59)25-34(26-51)27-57-19-21-58(22-20-57)45-18-10-38(24-44(45)53)47-42(35-5-11-39(52)12-6-35)16-9-37-23-41(61)15-17-43(37)47/h5-8,10-15,17-18,23-24,31,34,42,47,61H,9,16,19-22,25-29H2,1-4H3/t31-,42-,47+/m0/s1. The van der Waals surface area contributed by atoms with E-state index in [4.69, 9.17) is 4.99 Å². The minimum atomic E-state index is -0.259. The molecule has 11 heteroatoms. The summed E-state index contributed by atoms with van der Waals surface area (Å²) >= 11 is 1.80. The predicted octanol–water partition coefficient (Wildman–Crippen LogP) is 10.1. The topological polar surface area (TPSA) is 73.0 Å². The third-order valence-corrected chi connectivity index (χ3v) is 16.0. The lowest BCUT2D eigenvalue weighted by Crippen LogP contribution is -2.64. The van der Waals surface area contributed by atoms with Crippen molar-refractivity contribution < 1.29 is 13.9 Å². The molecule has 5 aliphatic rings. The van der Waals surface area contributed by atoms with Gasteiger partial charge in [0.15, 0.2) is 5.82 Å². The summed E-state index contributed by atoms with van der Waals surface area (Å²) < 4.78 is 32.2. The summed E-state index contributed by atoms with van der Waals surface area (Å²) in [6.07, 6.45) is 4.20. The van der Waals surface area contributed by atoms with Crippen LogP contribution >= 0.6 is 11.3 Å². The van der Waals surface area contributed by atoms with Crippen LogP contribution in [0.2, 0.25) is 0 Å². The first kappa shape index (κ1) is 39.5. The molecule has 5 heterocycles. The van der Waals surface area contributed by atoms with Crippen molar-refractivity contribution in [1.82, 2.24) is 19.7 Å². The quantitative estimate of drug-likeness (QED) is 0.173. The summed E-state index contributed by atoms with van der Waals surface area (Å²) in [5.41, 5.74) is 11.2. The number of aromatic nitrogens is 3. The van der Waals surface area contributed by atoms with Gasteiger partial charge >= 0.3 is 0 Å². The Bertz CT molecular complexity index is 2700. The number of aromatic hydroxyl groups is 1. The lowest BCUT2D eigenvalue weighted by atomic mass is 9.57. The molecule has 3 aliphatic heterocycles. The average molecular weight is 850 g/mol. The zero-order chi connectivity index (χ0) is 42.4. The van der Waals surface area contributed by atoms with Crippen LogP contribution in [0.1, 0.15) is 99.5 Å². The Hall–Kier alpha value is -5.39. The highest BCUT2D eigenvalue weighted by atomic mass is 32.1. The van der Waals surface area contributed by atoms with Crippen LogP contribution in [-0.4, -0.2) is 76.3 Å². The van der Waals surface area contributed by atoms with Crippen LogP contribution in [0.4, 0.5) is 20.2 Å². The van der Waals surface area contributed by atoms with Gasteiger partial charge in [0.25, 0.3) is 0 Å². The molecule has 0 unspecified atom stereocenters. The zero-order valence-corrected chi connectivity index (χ0v) is 36.7. The monoisotopic (exact) mass is 849 g/mol. The highest BCUT2D eigenvalue weighted by Gasteiger charge is 2.52. The molecule has 1 N–H and O–H groups in total. The smallest absolute Gasteiger partial charge is 0.162 e. The molecule has 4 aromatic carbocycles. The number of thiophene rings is 1. The number of hydrogen-bond acceptors (Lipinski definition) is 8. The molecule has 2 aliphatic carbocycles. The van der Waals surface area contributed by atoms with Gasteiger partial charge in [-0.1, -0.05) is 36.4 Å². The number of aliphatic imine (C=N–C) groups is 1. The first-order chi connectivity index (χ1) is 30.0. The average Bonchev–Trinajstić information content (AvgIpc) is 3.73. The van der Waals surface area contributed by atoms with Gasteiger partial charge in [0.05, 0.1) is 11.4 Å². The fourth-order valence-electron chi connectivity index (χ4n) is 11.6. The Morgan fingerprint density at radius 1 is 0.823 bits per heavy atom. The summed E-state index contributed by atoms with van der Waals surface area (Å²) in [7, 11) is 0. The molecular weight excluding hydrogens is 797 g/mol. The van der Waals surface area contributed by atoms with Gasteiger partial charge in [0.2, 0.25) is 0 Å². The van der Waals surface area contributed by atoms with E-state index in [0.29, 0.717) is 17.0 Å². The van der Waals surface area contributed by atoms with Crippen LogP contribution in [0.25, 0.3) is 5.00 Å². The minimum absolute atomic E-state index is 0.0819. The number of benzene rings is 4. The number of halogens is 2. The Kier molecular flexibility index (Phi) is 9.64. The van der Waals surface area contributed by atoms with Crippen molar-refractivity contribution in [3.05, 3.63) is 152 Å². The van der Waals surface area contributed by atoms with E-state index in [1.807, 2.05) is 37.3 Å². The molecule has 3 atom stereocenters. The summed E-state index contributed by atoms with van der Waals surface area (Å²) in [4.78, 5) is 13.9. The molecule has 1 saturated carbocycles. The summed E-state index contributed by atoms with van der Waals surface area (Å²) in [5, 5.41) is 20.3. The molecule has 318 valence electrons. The molecule has 3 fully saturated rings. The highest BCUT2D eigenvalue weighted by Crippen LogP contribution is 2.53. The molecule has 11 rings (SSSR count). The Morgan fingerprint density at radius 3 is 2.31 bits per heavy atom. The van der Waals surface area contributed by atoms with E-state index in [1.54, 1.807) is 23.5 Å².